The first-order chi connectivity index (χ1) is 10.7. The van der Waals surface area contributed by atoms with Crippen LogP contribution in [0.2, 0.25) is 0 Å². The molecule has 6 nitrogen and oxygen atoms in total. The minimum Gasteiger partial charge on any atom is -0.338 e. The fourth-order valence-corrected chi connectivity index (χ4v) is 1.91. The highest BCUT2D eigenvalue weighted by Gasteiger charge is 2.05. The number of benzene rings is 2. The molecule has 2 aromatic carbocycles. The molecule has 0 aliphatic heterocycles. The maximum absolute atomic E-state index is 11.7. The summed E-state index contributed by atoms with van der Waals surface area (Å²) in [6.07, 6.45) is 0.754. The maximum Gasteiger partial charge on any atom is 0.319 e. The van der Waals surface area contributed by atoms with Crippen LogP contribution in [-0.4, -0.2) is 23.7 Å². The lowest BCUT2D eigenvalue weighted by Gasteiger charge is -2.08. The lowest BCUT2D eigenvalue weighted by atomic mass is 10.1. The van der Waals surface area contributed by atoms with E-state index in [0.717, 1.165) is 12.0 Å². The molecule has 0 aromatic heterocycles. The van der Waals surface area contributed by atoms with Gasteiger partial charge in [0.05, 0.1) is 0 Å². The van der Waals surface area contributed by atoms with E-state index in [2.05, 4.69) is 10.6 Å². The zero-order chi connectivity index (χ0) is 15.8. The maximum atomic E-state index is 11.7. The lowest BCUT2D eigenvalue weighted by Crippen LogP contribution is -2.30. The van der Waals surface area contributed by atoms with Gasteiger partial charge in [0.1, 0.15) is 0 Å². The van der Waals surface area contributed by atoms with E-state index in [0.29, 0.717) is 17.8 Å². The number of amides is 3. The Hall–Kier alpha value is -2.86. The van der Waals surface area contributed by atoms with Gasteiger partial charge in [0.15, 0.2) is 0 Å². The normalized spacial score (nSPS) is 9.86. The first-order valence-electron chi connectivity index (χ1n) is 6.82. The Balaban J connectivity index is 1.78. The zero-order valence-electron chi connectivity index (χ0n) is 11.9. The van der Waals surface area contributed by atoms with E-state index >= 15 is 0 Å². The molecule has 3 amide bonds. The van der Waals surface area contributed by atoms with Crippen molar-refractivity contribution in [2.24, 2.45) is 0 Å². The van der Waals surface area contributed by atoms with Gasteiger partial charge in [-0.3, -0.25) is 10.0 Å². The first-order valence-corrected chi connectivity index (χ1v) is 6.82. The molecule has 114 valence electrons. The quantitative estimate of drug-likeness (QED) is 0.504. The van der Waals surface area contributed by atoms with E-state index in [1.807, 2.05) is 30.3 Å². The average Bonchev–Trinajstić information content (AvgIpc) is 2.56. The molecule has 2 rings (SSSR count). The summed E-state index contributed by atoms with van der Waals surface area (Å²) < 4.78 is 0. The van der Waals surface area contributed by atoms with Crippen molar-refractivity contribution in [3.63, 3.8) is 0 Å². The fourth-order valence-electron chi connectivity index (χ4n) is 1.91. The van der Waals surface area contributed by atoms with Gasteiger partial charge in [0, 0.05) is 17.8 Å². The largest absolute Gasteiger partial charge is 0.338 e. The van der Waals surface area contributed by atoms with Crippen LogP contribution in [0.1, 0.15) is 15.9 Å². The summed E-state index contributed by atoms with van der Waals surface area (Å²) >= 11 is 0. The molecular formula is C16H17N3O3. The highest BCUT2D eigenvalue weighted by atomic mass is 16.5. The van der Waals surface area contributed by atoms with Gasteiger partial charge in [-0.15, -0.1) is 0 Å². The third kappa shape index (κ3) is 4.60. The smallest absolute Gasteiger partial charge is 0.319 e. The minimum absolute atomic E-state index is 0.303. The van der Waals surface area contributed by atoms with Crippen molar-refractivity contribution in [3.05, 3.63) is 65.7 Å². The molecule has 0 atom stereocenters. The molecule has 0 aliphatic rings. The van der Waals surface area contributed by atoms with Crippen molar-refractivity contribution < 1.29 is 14.8 Å². The summed E-state index contributed by atoms with van der Waals surface area (Å²) in [4.78, 5) is 22.9. The zero-order valence-corrected chi connectivity index (χ0v) is 11.9. The van der Waals surface area contributed by atoms with Crippen molar-refractivity contribution in [1.82, 2.24) is 10.8 Å². The Bertz CT molecular complexity index is 627. The summed E-state index contributed by atoms with van der Waals surface area (Å²) in [5.41, 5.74) is 3.57. The molecule has 0 radical (unpaired) electrons. The molecule has 2 aromatic rings. The molecule has 22 heavy (non-hydrogen) atoms. The van der Waals surface area contributed by atoms with Gasteiger partial charge in [0.25, 0.3) is 5.91 Å². The van der Waals surface area contributed by atoms with Crippen molar-refractivity contribution in [2.75, 3.05) is 11.9 Å². The number of hydrogen-bond acceptors (Lipinski definition) is 3. The van der Waals surface area contributed by atoms with E-state index in [-0.39, 0.29) is 6.03 Å². The number of nitrogens with one attached hydrogen (secondary N) is 3. The van der Waals surface area contributed by atoms with Gasteiger partial charge >= 0.3 is 6.03 Å². The molecule has 4 N–H and O–H groups in total. The standard InChI is InChI=1S/C16H17N3O3/c20-15(19-22)13-6-8-14(9-7-13)18-16(21)17-11-10-12-4-2-1-3-5-12/h1-9,22H,10-11H2,(H,19,20)(H2,17,18,21). The highest BCUT2D eigenvalue weighted by Crippen LogP contribution is 2.09. The highest BCUT2D eigenvalue weighted by molar-refractivity contribution is 5.94. The van der Waals surface area contributed by atoms with Gasteiger partial charge in [-0.05, 0) is 36.2 Å². The lowest BCUT2D eigenvalue weighted by molar-refractivity contribution is 0.0706. The second kappa shape index (κ2) is 7.80. The monoisotopic (exact) mass is 299 g/mol. The Morgan fingerprint density at radius 1 is 0.955 bits per heavy atom. The van der Waals surface area contributed by atoms with Gasteiger partial charge < -0.3 is 10.6 Å². The molecular weight excluding hydrogens is 282 g/mol. The SMILES string of the molecule is O=C(NCCc1ccccc1)Nc1ccc(C(=O)NO)cc1. The van der Waals surface area contributed by atoms with Crippen LogP contribution in [0.25, 0.3) is 0 Å². The molecule has 0 unspecified atom stereocenters. The summed E-state index contributed by atoms with van der Waals surface area (Å²) in [6.45, 7) is 0.529. The summed E-state index contributed by atoms with van der Waals surface area (Å²) in [7, 11) is 0. The summed E-state index contributed by atoms with van der Waals surface area (Å²) in [5, 5.41) is 13.9. The van der Waals surface area contributed by atoms with E-state index in [4.69, 9.17) is 5.21 Å². The van der Waals surface area contributed by atoms with Crippen LogP contribution >= 0.6 is 0 Å². The Morgan fingerprint density at radius 3 is 2.27 bits per heavy atom. The van der Waals surface area contributed by atoms with E-state index in [1.54, 1.807) is 17.6 Å². The van der Waals surface area contributed by atoms with Crippen LogP contribution in [0.15, 0.2) is 54.6 Å². The van der Waals surface area contributed by atoms with E-state index < -0.39 is 5.91 Å². The van der Waals surface area contributed by atoms with Gasteiger partial charge in [-0.2, -0.15) is 0 Å². The molecule has 0 saturated heterocycles. The van der Waals surface area contributed by atoms with Gasteiger partial charge in [-0.1, -0.05) is 30.3 Å². The fraction of sp³-hybridized carbons (Fsp3) is 0.125. The number of carbonyl (C=O) groups excluding carboxylic acids is 2. The van der Waals surface area contributed by atoms with E-state index in [1.165, 1.54) is 12.1 Å². The van der Waals surface area contributed by atoms with E-state index in [9.17, 15) is 9.59 Å². The third-order valence-electron chi connectivity index (χ3n) is 3.05. The Labute approximate surface area is 128 Å². The molecule has 6 heteroatoms. The van der Waals surface area contributed by atoms with Gasteiger partial charge in [-0.25, -0.2) is 10.3 Å². The van der Waals surface area contributed by atoms with Crippen LogP contribution in [-0.2, 0) is 6.42 Å². The molecule has 0 aliphatic carbocycles. The van der Waals surface area contributed by atoms with Crippen LogP contribution in [0.5, 0.6) is 0 Å². The molecule has 0 saturated carbocycles. The second-order valence-corrected chi connectivity index (χ2v) is 4.63. The van der Waals surface area contributed by atoms with Crippen molar-refractivity contribution in [2.45, 2.75) is 6.42 Å². The van der Waals surface area contributed by atoms with Crippen molar-refractivity contribution in [1.29, 1.82) is 0 Å². The second-order valence-electron chi connectivity index (χ2n) is 4.63. The number of rotatable bonds is 5. The number of hydroxylamine groups is 1. The first kappa shape index (κ1) is 15.5. The predicted molar refractivity (Wildman–Crippen MR) is 82.9 cm³/mol. The average molecular weight is 299 g/mol. The van der Waals surface area contributed by atoms with Gasteiger partial charge in [0.2, 0.25) is 0 Å². The van der Waals surface area contributed by atoms with Crippen LogP contribution in [0.3, 0.4) is 0 Å². The van der Waals surface area contributed by atoms with Crippen molar-refractivity contribution in [3.8, 4) is 0 Å². The Kier molecular flexibility index (Phi) is 5.50. The van der Waals surface area contributed by atoms with Crippen LogP contribution in [0.4, 0.5) is 10.5 Å². The molecule has 0 heterocycles. The molecule has 0 fully saturated rings. The summed E-state index contributed by atoms with van der Waals surface area (Å²) in [6, 6.07) is 15.7. The predicted octanol–water partition coefficient (Wildman–Crippen LogP) is 2.17. The number of carbonyl (C=O) groups is 2. The van der Waals surface area contributed by atoms with Crippen LogP contribution in [0, 0.1) is 0 Å². The molecule has 0 spiro atoms. The Morgan fingerprint density at radius 2 is 1.64 bits per heavy atom. The van der Waals surface area contributed by atoms with Crippen LogP contribution < -0.4 is 16.1 Å². The number of urea groups is 1. The number of hydrogen-bond donors (Lipinski definition) is 4. The minimum atomic E-state index is -0.598. The third-order valence-corrected chi connectivity index (χ3v) is 3.05. The van der Waals surface area contributed by atoms with Crippen molar-refractivity contribution >= 4 is 17.6 Å². The summed E-state index contributed by atoms with van der Waals surface area (Å²) in [5.74, 6) is -0.598. The topological polar surface area (TPSA) is 90.5 Å². The number of anilines is 1. The molecule has 0 bridgehead atoms.